The summed E-state index contributed by atoms with van der Waals surface area (Å²) < 4.78 is 2.20. The zero-order valence-electron chi connectivity index (χ0n) is 17.1. The van der Waals surface area contributed by atoms with E-state index in [1.54, 1.807) is 13.1 Å². The molecule has 0 saturated carbocycles. The molecule has 1 amide bonds. The number of amides is 1. The van der Waals surface area contributed by atoms with Crippen LogP contribution in [-0.4, -0.2) is 16.7 Å². The second-order valence-electron chi connectivity index (χ2n) is 7.02. The smallest absolute Gasteiger partial charge is 0.239 e. The number of hydrazone groups is 1. The van der Waals surface area contributed by atoms with Crippen molar-refractivity contribution >= 4 is 23.7 Å². The van der Waals surface area contributed by atoms with Gasteiger partial charge in [0.05, 0.1) is 17.6 Å². The van der Waals surface area contributed by atoms with Crippen molar-refractivity contribution in [3.8, 4) is 28.2 Å². The summed E-state index contributed by atoms with van der Waals surface area (Å²) in [6.07, 6.45) is 2.08. The number of hydrogen-bond donors (Lipinski definition) is 1. The first-order valence-electron chi connectivity index (χ1n) is 10.1. The number of nitrogens with zero attached hydrogens (tertiary/aromatic N) is 2. The predicted molar refractivity (Wildman–Crippen MR) is 128 cm³/mol. The fraction of sp³-hybridized carbons (Fsp3) is 0.0769. The van der Waals surface area contributed by atoms with Crippen LogP contribution in [0.2, 0.25) is 5.02 Å². The van der Waals surface area contributed by atoms with Gasteiger partial charge in [0.1, 0.15) is 0 Å². The van der Waals surface area contributed by atoms with Gasteiger partial charge in [-0.15, -0.1) is 0 Å². The molecule has 0 aliphatic rings. The number of rotatable bonds is 6. The van der Waals surface area contributed by atoms with E-state index in [4.69, 9.17) is 11.6 Å². The van der Waals surface area contributed by atoms with Crippen LogP contribution in [0.25, 0.3) is 28.2 Å². The van der Waals surface area contributed by atoms with Gasteiger partial charge in [0.25, 0.3) is 0 Å². The molecule has 4 rings (SSSR count). The minimum Gasteiger partial charge on any atom is -0.309 e. The lowest BCUT2D eigenvalue weighted by atomic mass is 10.1. The summed E-state index contributed by atoms with van der Waals surface area (Å²) in [7, 11) is 0. The molecule has 154 valence electrons. The molecule has 0 fully saturated rings. The molecular formula is C26H22ClN3O. The monoisotopic (exact) mass is 427 g/mol. The Morgan fingerprint density at radius 3 is 2.16 bits per heavy atom. The summed E-state index contributed by atoms with van der Waals surface area (Å²) in [6, 6.07) is 30.2. The molecular weight excluding hydrogens is 406 g/mol. The van der Waals surface area contributed by atoms with E-state index in [1.165, 1.54) is 0 Å². The Bertz CT molecular complexity index is 1200. The van der Waals surface area contributed by atoms with Crippen molar-refractivity contribution in [3.63, 3.8) is 0 Å². The Balaban J connectivity index is 1.97. The van der Waals surface area contributed by atoms with Gasteiger partial charge in [-0.3, -0.25) is 4.79 Å². The van der Waals surface area contributed by atoms with Gasteiger partial charge < -0.3 is 4.57 Å². The molecule has 4 nitrogen and oxygen atoms in total. The highest BCUT2D eigenvalue weighted by atomic mass is 35.5. The fourth-order valence-electron chi connectivity index (χ4n) is 3.45. The highest BCUT2D eigenvalue weighted by Gasteiger charge is 2.18. The van der Waals surface area contributed by atoms with E-state index >= 15 is 0 Å². The molecule has 1 heterocycles. The predicted octanol–water partition coefficient (Wildman–Crippen LogP) is 6.32. The number of carbonyl (C=O) groups is 1. The Hall–Kier alpha value is -3.63. The highest BCUT2D eigenvalue weighted by Crippen LogP contribution is 2.35. The van der Waals surface area contributed by atoms with Gasteiger partial charge in [-0.25, -0.2) is 5.43 Å². The van der Waals surface area contributed by atoms with Crippen molar-refractivity contribution in [2.24, 2.45) is 5.10 Å². The molecule has 3 aromatic carbocycles. The highest BCUT2D eigenvalue weighted by molar-refractivity contribution is 6.30. The lowest BCUT2D eigenvalue weighted by Gasteiger charge is -2.15. The third-order valence-electron chi connectivity index (χ3n) is 4.95. The number of carbonyl (C=O) groups excluding carboxylic acids is 1. The van der Waals surface area contributed by atoms with Gasteiger partial charge in [-0.2, -0.15) is 5.10 Å². The third kappa shape index (κ3) is 4.60. The quantitative estimate of drug-likeness (QED) is 0.284. The summed E-state index contributed by atoms with van der Waals surface area (Å²) >= 11 is 6.16. The zero-order chi connectivity index (χ0) is 21.6. The summed E-state index contributed by atoms with van der Waals surface area (Å²) in [5, 5.41) is 4.88. The van der Waals surface area contributed by atoms with Gasteiger partial charge in [0.15, 0.2) is 0 Å². The van der Waals surface area contributed by atoms with Crippen LogP contribution in [0.1, 0.15) is 18.9 Å². The van der Waals surface area contributed by atoms with E-state index in [0.29, 0.717) is 11.4 Å². The van der Waals surface area contributed by atoms with E-state index in [0.717, 1.165) is 33.8 Å². The van der Waals surface area contributed by atoms with Crippen molar-refractivity contribution in [2.45, 2.75) is 13.3 Å². The van der Waals surface area contributed by atoms with Gasteiger partial charge in [-0.1, -0.05) is 79.2 Å². The molecule has 0 aliphatic heterocycles. The van der Waals surface area contributed by atoms with E-state index < -0.39 is 0 Å². The molecule has 0 spiro atoms. The molecule has 0 aliphatic carbocycles. The Labute approximate surface area is 186 Å². The van der Waals surface area contributed by atoms with Gasteiger partial charge in [-0.05, 0) is 41.5 Å². The largest absolute Gasteiger partial charge is 0.309 e. The van der Waals surface area contributed by atoms with Crippen LogP contribution >= 0.6 is 11.6 Å². The third-order valence-corrected chi connectivity index (χ3v) is 5.20. The molecule has 0 unspecified atom stereocenters. The summed E-state index contributed by atoms with van der Waals surface area (Å²) in [4.78, 5) is 11.7. The van der Waals surface area contributed by atoms with E-state index in [-0.39, 0.29) is 5.91 Å². The van der Waals surface area contributed by atoms with Crippen LogP contribution in [0, 0.1) is 0 Å². The van der Waals surface area contributed by atoms with Crippen LogP contribution in [0.5, 0.6) is 0 Å². The maximum absolute atomic E-state index is 11.7. The Morgan fingerprint density at radius 1 is 0.935 bits per heavy atom. The lowest BCUT2D eigenvalue weighted by Crippen LogP contribution is -2.15. The average Bonchev–Trinajstić information content (AvgIpc) is 3.20. The second kappa shape index (κ2) is 9.45. The normalized spacial score (nSPS) is 11.0. The van der Waals surface area contributed by atoms with Gasteiger partial charge in [0.2, 0.25) is 5.91 Å². The van der Waals surface area contributed by atoms with Crippen molar-refractivity contribution in [1.29, 1.82) is 0 Å². The Kier molecular flexibility index (Phi) is 6.29. The first kappa shape index (κ1) is 20.6. The zero-order valence-corrected chi connectivity index (χ0v) is 17.9. The molecule has 0 saturated heterocycles. The van der Waals surface area contributed by atoms with Crippen molar-refractivity contribution in [3.05, 3.63) is 102 Å². The fourth-order valence-corrected chi connectivity index (χ4v) is 3.58. The molecule has 5 heteroatoms. The van der Waals surface area contributed by atoms with E-state index in [9.17, 15) is 4.79 Å². The molecule has 0 radical (unpaired) electrons. The first-order valence-corrected chi connectivity index (χ1v) is 10.5. The maximum Gasteiger partial charge on any atom is 0.239 e. The maximum atomic E-state index is 11.7. The molecule has 0 atom stereocenters. The minimum absolute atomic E-state index is 0.127. The van der Waals surface area contributed by atoms with Gasteiger partial charge in [0, 0.05) is 22.7 Å². The topological polar surface area (TPSA) is 46.4 Å². The van der Waals surface area contributed by atoms with Crippen LogP contribution in [0.15, 0.2) is 96.1 Å². The first-order chi connectivity index (χ1) is 15.2. The van der Waals surface area contributed by atoms with E-state index in [1.807, 2.05) is 60.7 Å². The van der Waals surface area contributed by atoms with Crippen LogP contribution in [0.4, 0.5) is 0 Å². The number of aromatic nitrogens is 1. The molecule has 4 aromatic rings. The number of nitrogens with one attached hydrogen (secondary N) is 1. The number of halogens is 1. The summed E-state index contributed by atoms with van der Waals surface area (Å²) in [5.41, 5.74) is 8.59. The summed E-state index contributed by atoms with van der Waals surface area (Å²) in [5.74, 6) is -0.127. The van der Waals surface area contributed by atoms with E-state index in [2.05, 4.69) is 45.4 Å². The minimum atomic E-state index is -0.127. The van der Waals surface area contributed by atoms with Gasteiger partial charge >= 0.3 is 0 Å². The SMILES string of the molecule is CCC(=O)N/N=C/c1cc(-c2ccccc2)n(-c2ccc(Cl)cc2)c1-c1ccccc1. The second-order valence-corrected chi connectivity index (χ2v) is 7.46. The van der Waals surface area contributed by atoms with Crippen LogP contribution in [-0.2, 0) is 4.79 Å². The molecule has 1 N–H and O–H groups in total. The molecule has 31 heavy (non-hydrogen) atoms. The van der Waals surface area contributed by atoms with Crippen molar-refractivity contribution < 1.29 is 4.79 Å². The average molecular weight is 428 g/mol. The molecule has 1 aromatic heterocycles. The van der Waals surface area contributed by atoms with Crippen LogP contribution < -0.4 is 5.43 Å². The Morgan fingerprint density at radius 2 is 1.55 bits per heavy atom. The standard InChI is InChI=1S/C26H22ClN3O/c1-2-25(31)29-28-18-21-17-24(19-9-5-3-6-10-19)30(23-15-13-22(27)14-16-23)26(21)20-11-7-4-8-12-20/h3-18H,2H2,1H3,(H,29,31)/b28-18+. The number of benzene rings is 3. The van der Waals surface area contributed by atoms with Crippen LogP contribution in [0.3, 0.4) is 0 Å². The van der Waals surface area contributed by atoms with Crippen molar-refractivity contribution in [2.75, 3.05) is 0 Å². The van der Waals surface area contributed by atoms with Crippen molar-refractivity contribution in [1.82, 2.24) is 9.99 Å². The summed E-state index contributed by atoms with van der Waals surface area (Å²) in [6.45, 7) is 1.80. The number of hydrogen-bond acceptors (Lipinski definition) is 2. The molecule has 0 bridgehead atoms. The lowest BCUT2D eigenvalue weighted by molar-refractivity contribution is -0.120.